The first kappa shape index (κ1) is 22.2. The van der Waals surface area contributed by atoms with Gasteiger partial charge in [-0.25, -0.2) is 4.79 Å². The summed E-state index contributed by atoms with van der Waals surface area (Å²) in [7, 11) is 1.47. The number of ether oxygens (including phenoxy) is 3. The molecule has 8 nitrogen and oxygen atoms in total. The molecule has 0 spiro atoms. The Morgan fingerprint density at radius 1 is 1.14 bits per heavy atom. The van der Waals surface area contributed by atoms with E-state index in [2.05, 4.69) is 5.32 Å². The number of esters is 1. The number of hydrogen-bond acceptors (Lipinski definition) is 7. The molecule has 0 fully saturated rings. The van der Waals surface area contributed by atoms with E-state index < -0.39 is 23.9 Å². The predicted molar refractivity (Wildman–Crippen MR) is 110 cm³/mol. The number of carbonyl (C=O) groups is 3. The molecule has 0 radical (unpaired) electrons. The molecule has 0 aliphatic heterocycles. The Morgan fingerprint density at radius 2 is 1.86 bits per heavy atom. The number of thiophene rings is 1. The molecule has 3 N–H and O–H groups in total. The Kier molecular flexibility index (Phi) is 7.60. The molecule has 0 saturated heterocycles. The molecule has 2 aromatic rings. The smallest absolute Gasteiger partial charge is 0.339 e. The molecule has 1 aromatic heterocycles. The van der Waals surface area contributed by atoms with E-state index in [4.69, 9.17) is 19.9 Å². The number of nitrogens with one attached hydrogen (secondary N) is 1. The zero-order chi connectivity index (χ0) is 21.6. The largest absolute Gasteiger partial charge is 0.493 e. The van der Waals surface area contributed by atoms with Crippen molar-refractivity contribution in [1.29, 1.82) is 0 Å². The number of rotatable bonds is 9. The van der Waals surface area contributed by atoms with Crippen LogP contribution in [0.4, 0.5) is 5.00 Å². The summed E-state index contributed by atoms with van der Waals surface area (Å²) < 4.78 is 16.2. The van der Waals surface area contributed by atoms with Gasteiger partial charge in [0.25, 0.3) is 11.8 Å². The van der Waals surface area contributed by atoms with Gasteiger partial charge in [0.15, 0.2) is 17.6 Å². The van der Waals surface area contributed by atoms with Crippen molar-refractivity contribution in [3.63, 3.8) is 0 Å². The minimum absolute atomic E-state index is 0.198. The van der Waals surface area contributed by atoms with E-state index in [9.17, 15) is 14.4 Å². The number of primary amides is 1. The Bertz CT molecular complexity index is 893. The van der Waals surface area contributed by atoms with Gasteiger partial charge in [0.05, 0.1) is 24.8 Å². The van der Waals surface area contributed by atoms with Crippen molar-refractivity contribution in [1.82, 2.24) is 0 Å². The van der Waals surface area contributed by atoms with E-state index in [0.29, 0.717) is 29.0 Å². The molecule has 1 atom stereocenters. The van der Waals surface area contributed by atoms with E-state index in [0.717, 1.165) is 11.3 Å². The summed E-state index contributed by atoms with van der Waals surface area (Å²) in [5.74, 6) is -0.683. The minimum atomic E-state index is -1.09. The van der Waals surface area contributed by atoms with Crippen molar-refractivity contribution in [2.45, 2.75) is 26.9 Å². The standard InChI is InChI=1S/C20H24N2O6S/c1-11(2)10-27-15-6-5-13(9-16(15)26-4)20(25)28-12(3)18(24)22-19-14(17(21)23)7-8-29-19/h5-9,11-12H,10H2,1-4H3,(H2,21,23)(H,22,24)/t12-/m0/s1. The molecule has 0 unspecified atom stereocenters. The number of nitrogens with two attached hydrogens (primary N) is 1. The second-order valence-electron chi connectivity index (χ2n) is 6.63. The monoisotopic (exact) mass is 420 g/mol. The number of methoxy groups -OCH3 is 1. The number of carbonyl (C=O) groups excluding carboxylic acids is 3. The van der Waals surface area contributed by atoms with Crippen molar-refractivity contribution in [2.24, 2.45) is 11.7 Å². The highest BCUT2D eigenvalue weighted by molar-refractivity contribution is 7.14. The van der Waals surface area contributed by atoms with Crippen LogP contribution in [0.3, 0.4) is 0 Å². The van der Waals surface area contributed by atoms with Crippen LogP contribution in [-0.4, -0.2) is 37.6 Å². The van der Waals surface area contributed by atoms with Crippen LogP contribution in [0.15, 0.2) is 29.6 Å². The summed E-state index contributed by atoms with van der Waals surface area (Å²) in [5, 5.41) is 4.48. The Hall–Kier alpha value is -3.07. The van der Waals surface area contributed by atoms with Gasteiger partial charge in [-0.15, -0.1) is 11.3 Å². The zero-order valence-electron chi connectivity index (χ0n) is 16.7. The van der Waals surface area contributed by atoms with Gasteiger partial charge in [-0.1, -0.05) is 13.8 Å². The maximum atomic E-state index is 12.4. The minimum Gasteiger partial charge on any atom is -0.493 e. The van der Waals surface area contributed by atoms with E-state index in [1.165, 1.54) is 32.2 Å². The van der Waals surface area contributed by atoms with Crippen LogP contribution in [0.1, 0.15) is 41.5 Å². The summed E-state index contributed by atoms with van der Waals surface area (Å²) >= 11 is 1.15. The molecule has 9 heteroatoms. The molecule has 29 heavy (non-hydrogen) atoms. The summed E-state index contributed by atoms with van der Waals surface area (Å²) in [6.07, 6.45) is -1.09. The predicted octanol–water partition coefficient (Wildman–Crippen LogP) is 3.07. The summed E-state index contributed by atoms with van der Waals surface area (Å²) in [6, 6.07) is 6.16. The Balaban J connectivity index is 2.03. The van der Waals surface area contributed by atoms with Crippen molar-refractivity contribution in [2.75, 3.05) is 19.0 Å². The molecule has 1 heterocycles. The van der Waals surface area contributed by atoms with Gasteiger partial charge in [-0.2, -0.15) is 0 Å². The van der Waals surface area contributed by atoms with Crippen molar-refractivity contribution in [3.05, 3.63) is 40.8 Å². The van der Waals surface area contributed by atoms with Crippen LogP contribution in [0.2, 0.25) is 0 Å². The fourth-order valence-electron chi connectivity index (χ4n) is 2.27. The molecule has 2 rings (SSSR count). The van der Waals surface area contributed by atoms with Crippen LogP contribution >= 0.6 is 11.3 Å². The first-order valence-corrected chi connectivity index (χ1v) is 9.80. The second-order valence-corrected chi connectivity index (χ2v) is 7.55. The summed E-state index contributed by atoms with van der Waals surface area (Å²) in [4.78, 5) is 36.1. The molecule has 156 valence electrons. The highest BCUT2D eigenvalue weighted by Crippen LogP contribution is 2.29. The lowest BCUT2D eigenvalue weighted by Crippen LogP contribution is -2.30. The van der Waals surface area contributed by atoms with Crippen LogP contribution in [0, 0.1) is 5.92 Å². The third-order valence-electron chi connectivity index (χ3n) is 3.79. The fourth-order valence-corrected chi connectivity index (χ4v) is 3.06. The van der Waals surface area contributed by atoms with E-state index in [1.54, 1.807) is 11.4 Å². The maximum Gasteiger partial charge on any atom is 0.339 e. The molecule has 0 aliphatic rings. The van der Waals surface area contributed by atoms with Gasteiger partial charge in [0, 0.05) is 0 Å². The van der Waals surface area contributed by atoms with Crippen LogP contribution in [-0.2, 0) is 9.53 Å². The molecule has 0 aliphatic carbocycles. The average Bonchev–Trinajstić information content (AvgIpc) is 3.14. The number of benzene rings is 1. The second kappa shape index (κ2) is 9.92. The van der Waals surface area contributed by atoms with Crippen molar-refractivity contribution < 1.29 is 28.6 Å². The number of hydrogen-bond donors (Lipinski definition) is 2. The quantitative estimate of drug-likeness (QED) is 0.602. The number of amides is 2. The maximum absolute atomic E-state index is 12.4. The molecule has 0 bridgehead atoms. The first-order valence-electron chi connectivity index (χ1n) is 8.92. The van der Waals surface area contributed by atoms with Gasteiger partial charge < -0.3 is 25.3 Å². The molecular weight excluding hydrogens is 396 g/mol. The van der Waals surface area contributed by atoms with Gasteiger partial charge in [0.1, 0.15) is 5.00 Å². The summed E-state index contributed by atoms with van der Waals surface area (Å²) in [5.41, 5.74) is 5.67. The third kappa shape index (κ3) is 5.95. The normalized spacial score (nSPS) is 11.6. The van der Waals surface area contributed by atoms with E-state index in [-0.39, 0.29) is 11.1 Å². The lowest BCUT2D eigenvalue weighted by atomic mass is 10.2. The Labute approximate surface area is 172 Å². The van der Waals surface area contributed by atoms with Crippen LogP contribution in [0.5, 0.6) is 11.5 Å². The SMILES string of the molecule is COc1cc(C(=O)O[C@@H](C)C(=O)Nc2sccc2C(N)=O)ccc1OCC(C)C. The molecule has 2 amide bonds. The highest BCUT2D eigenvalue weighted by atomic mass is 32.1. The lowest BCUT2D eigenvalue weighted by Gasteiger charge is -2.15. The third-order valence-corrected chi connectivity index (χ3v) is 4.62. The number of anilines is 1. The van der Waals surface area contributed by atoms with E-state index >= 15 is 0 Å². The van der Waals surface area contributed by atoms with Gasteiger partial charge in [-0.3, -0.25) is 9.59 Å². The molecule has 1 aromatic carbocycles. The fraction of sp³-hybridized carbons (Fsp3) is 0.350. The first-order chi connectivity index (χ1) is 13.7. The topological polar surface area (TPSA) is 117 Å². The van der Waals surface area contributed by atoms with E-state index in [1.807, 2.05) is 13.8 Å². The lowest BCUT2D eigenvalue weighted by molar-refractivity contribution is -0.123. The molecular formula is C20H24N2O6S. The van der Waals surface area contributed by atoms with Crippen molar-refractivity contribution in [3.8, 4) is 11.5 Å². The van der Waals surface area contributed by atoms with Crippen molar-refractivity contribution >= 4 is 34.1 Å². The Morgan fingerprint density at radius 3 is 2.48 bits per heavy atom. The van der Waals surface area contributed by atoms with Gasteiger partial charge in [-0.05, 0) is 42.5 Å². The highest BCUT2D eigenvalue weighted by Gasteiger charge is 2.22. The van der Waals surface area contributed by atoms with Crippen LogP contribution < -0.4 is 20.5 Å². The van der Waals surface area contributed by atoms with Gasteiger partial charge >= 0.3 is 5.97 Å². The van der Waals surface area contributed by atoms with Gasteiger partial charge in [0.2, 0.25) is 0 Å². The average molecular weight is 420 g/mol. The van der Waals surface area contributed by atoms with Crippen LogP contribution in [0.25, 0.3) is 0 Å². The summed E-state index contributed by atoms with van der Waals surface area (Å²) in [6.45, 7) is 5.98. The zero-order valence-corrected chi connectivity index (χ0v) is 17.5. The molecule has 0 saturated carbocycles.